The van der Waals surface area contributed by atoms with Crippen molar-refractivity contribution in [2.75, 3.05) is 5.32 Å². The van der Waals surface area contributed by atoms with Crippen LogP contribution in [0.4, 0.5) is 5.69 Å². The summed E-state index contributed by atoms with van der Waals surface area (Å²) in [6.07, 6.45) is 3.64. The van der Waals surface area contributed by atoms with E-state index < -0.39 is 0 Å². The van der Waals surface area contributed by atoms with Crippen molar-refractivity contribution in [3.8, 4) is 0 Å². The molecule has 106 valence electrons. The van der Waals surface area contributed by atoms with Gasteiger partial charge in [-0.05, 0) is 55.5 Å². The van der Waals surface area contributed by atoms with Crippen LogP contribution in [0.15, 0.2) is 42.5 Å². The van der Waals surface area contributed by atoms with Crippen LogP contribution in [0.3, 0.4) is 0 Å². The van der Waals surface area contributed by atoms with E-state index in [0.29, 0.717) is 6.04 Å². The maximum atomic E-state index is 4.45. The molecule has 4 rings (SSSR count). The molecule has 2 N–H and O–H groups in total. The smallest absolute Gasteiger partial charge is 0.104 e. The number of nitrogens with one attached hydrogen (secondary N) is 2. The molecule has 3 nitrogen and oxygen atoms in total. The van der Waals surface area contributed by atoms with E-state index in [0.717, 1.165) is 22.5 Å². The molecule has 0 spiro atoms. The van der Waals surface area contributed by atoms with E-state index >= 15 is 0 Å². The highest BCUT2D eigenvalue weighted by Crippen LogP contribution is 2.32. The lowest BCUT2D eigenvalue weighted by Gasteiger charge is -2.27. The maximum Gasteiger partial charge on any atom is 0.104 e. The summed E-state index contributed by atoms with van der Waals surface area (Å²) in [5.41, 5.74) is 6.22. The Morgan fingerprint density at radius 2 is 2.10 bits per heavy atom. The largest absolute Gasteiger partial charge is 0.378 e. The normalized spacial score (nSPS) is 17.7. The van der Waals surface area contributed by atoms with Crippen molar-refractivity contribution in [1.29, 1.82) is 0 Å². The van der Waals surface area contributed by atoms with Gasteiger partial charge < -0.3 is 10.3 Å². The Morgan fingerprint density at radius 3 is 3.05 bits per heavy atom. The zero-order valence-corrected chi connectivity index (χ0v) is 12.2. The van der Waals surface area contributed by atoms with Crippen molar-refractivity contribution in [2.24, 2.45) is 0 Å². The third-order valence-electron chi connectivity index (χ3n) is 4.31. The van der Waals surface area contributed by atoms with E-state index in [1.807, 2.05) is 6.92 Å². The van der Waals surface area contributed by atoms with Crippen LogP contribution >= 0.6 is 0 Å². The first kappa shape index (κ1) is 12.5. The highest BCUT2D eigenvalue weighted by Gasteiger charge is 2.19. The van der Waals surface area contributed by atoms with Crippen LogP contribution < -0.4 is 5.32 Å². The van der Waals surface area contributed by atoms with Gasteiger partial charge >= 0.3 is 0 Å². The SMILES string of the molecule is Cc1nc2ccc(NC3CCCc4ccccc43)cc2[nH]1. The molecule has 0 amide bonds. The molecule has 1 atom stereocenters. The minimum atomic E-state index is 0.413. The summed E-state index contributed by atoms with van der Waals surface area (Å²) in [5.74, 6) is 0.963. The second kappa shape index (κ2) is 4.92. The molecule has 0 aliphatic heterocycles. The molecule has 1 heterocycles. The Hall–Kier alpha value is -2.29. The summed E-state index contributed by atoms with van der Waals surface area (Å²) >= 11 is 0. The molecule has 0 radical (unpaired) electrons. The lowest BCUT2D eigenvalue weighted by molar-refractivity contribution is 0.600. The van der Waals surface area contributed by atoms with Crippen LogP contribution in [-0.4, -0.2) is 9.97 Å². The van der Waals surface area contributed by atoms with Gasteiger partial charge in [0.15, 0.2) is 0 Å². The van der Waals surface area contributed by atoms with Crippen molar-refractivity contribution in [1.82, 2.24) is 9.97 Å². The number of anilines is 1. The third-order valence-corrected chi connectivity index (χ3v) is 4.31. The highest BCUT2D eigenvalue weighted by molar-refractivity contribution is 5.79. The van der Waals surface area contributed by atoms with Gasteiger partial charge in [-0.2, -0.15) is 0 Å². The minimum absolute atomic E-state index is 0.413. The Bertz CT molecular complexity index is 788. The number of fused-ring (bicyclic) bond motifs is 2. The molecule has 2 aromatic carbocycles. The molecular weight excluding hydrogens is 258 g/mol. The number of nitrogens with zero attached hydrogens (tertiary/aromatic N) is 1. The fourth-order valence-corrected chi connectivity index (χ4v) is 3.33. The highest BCUT2D eigenvalue weighted by atomic mass is 14.9. The van der Waals surface area contributed by atoms with E-state index in [9.17, 15) is 0 Å². The summed E-state index contributed by atoms with van der Waals surface area (Å²) in [7, 11) is 0. The molecule has 1 aliphatic rings. The van der Waals surface area contributed by atoms with Crippen molar-refractivity contribution >= 4 is 16.7 Å². The molecule has 3 aromatic rings. The summed E-state index contributed by atoms with van der Waals surface area (Å²) in [6.45, 7) is 1.99. The second-order valence-corrected chi connectivity index (χ2v) is 5.84. The van der Waals surface area contributed by atoms with Crippen molar-refractivity contribution in [3.63, 3.8) is 0 Å². The van der Waals surface area contributed by atoms with Crippen LogP contribution in [0.25, 0.3) is 11.0 Å². The number of aromatic amines is 1. The molecule has 21 heavy (non-hydrogen) atoms. The molecular formula is C18H19N3. The predicted molar refractivity (Wildman–Crippen MR) is 86.6 cm³/mol. The first-order valence-corrected chi connectivity index (χ1v) is 7.60. The van der Waals surface area contributed by atoms with E-state index in [1.165, 1.54) is 30.4 Å². The van der Waals surface area contributed by atoms with E-state index in [4.69, 9.17) is 0 Å². The van der Waals surface area contributed by atoms with Gasteiger partial charge in [0.2, 0.25) is 0 Å². The third kappa shape index (κ3) is 2.29. The molecule has 0 bridgehead atoms. The first-order valence-electron chi connectivity index (χ1n) is 7.60. The Labute approximate surface area is 124 Å². The number of aromatic nitrogens is 2. The number of benzene rings is 2. The predicted octanol–water partition coefficient (Wildman–Crippen LogP) is 4.36. The first-order chi connectivity index (χ1) is 10.3. The quantitative estimate of drug-likeness (QED) is 0.730. The summed E-state index contributed by atoms with van der Waals surface area (Å²) in [6, 6.07) is 15.6. The lowest BCUT2D eigenvalue weighted by Crippen LogP contribution is -2.17. The molecule has 0 saturated heterocycles. The van der Waals surface area contributed by atoms with Gasteiger partial charge in [0, 0.05) is 5.69 Å². The molecule has 1 unspecified atom stereocenters. The van der Waals surface area contributed by atoms with Gasteiger partial charge in [-0.15, -0.1) is 0 Å². The summed E-state index contributed by atoms with van der Waals surface area (Å²) in [5, 5.41) is 3.69. The van der Waals surface area contributed by atoms with Crippen LogP contribution in [0.1, 0.15) is 35.8 Å². The minimum Gasteiger partial charge on any atom is -0.378 e. The number of rotatable bonds is 2. The van der Waals surface area contributed by atoms with Gasteiger partial charge in [0.05, 0.1) is 17.1 Å². The Kier molecular flexibility index (Phi) is 2.92. The molecule has 1 aliphatic carbocycles. The molecule has 1 aromatic heterocycles. The summed E-state index contributed by atoms with van der Waals surface area (Å²) < 4.78 is 0. The van der Waals surface area contributed by atoms with Crippen LogP contribution in [0.2, 0.25) is 0 Å². The average Bonchev–Trinajstić information content (AvgIpc) is 2.87. The topological polar surface area (TPSA) is 40.7 Å². The lowest BCUT2D eigenvalue weighted by atomic mass is 9.87. The fraction of sp³-hybridized carbons (Fsp3) is 0.278. The van der Waals surface area contributed by atoms with Gasteiger partial charge in [-0.25, -0.2) is 4.98 Å². The van der Waals surface area contributed by atoms with Crippen LogP contribution in [-0.2, 0) is 6.42 Å². The van der Waals surface area contributed by atoms with E-state index in [-0.39, 0.29) is 0 Å². The number of hydrogen-bond acceptors (Lipinski definition) is 2. The molecule has 0 fully saturated rings. The van der Waals surface area contributed by atoms with E-state index in [1.54, 1.807) is 0 Å². The maximum absolute atomic E-state index is 4.45. The average molecular weight is 277 g/mol. The molecule has 0 saturated carbocycles. The molecule has 3 heteroatoms. The van der Waals surface area contributed by atoms with Crippen molar-refractivity contribution in [2.45, 2.75) is 32.2 Å². The number of aryl methyl sites for hydroxylation is 2. The van der Waals surface area contributed by atoms with Gasteiger partial charge in [0.25, 0.3) is 0 Å². The van der Waals surface area contributed by atoms with Gasteiger partial charge in [-0.3, -0.25) is 0 Å². The van der Waals surface area contributed by atoms with Crippen molar-refractivity contribution < 1.29 is 0 Å². The number of hydrogen-bond donors (Lipinski definition) is 2. The van der Waals surface area contributed by atoms with Gasteiger partial charge in [0.1, 0.15) is 5.82 Å². The van der Waals surface area contributed by atoms with Gasteiger partial charge in [-0.1, -0.05) is 24.3 Å². The number of H-pyrrole nitrogens is 1. The fourth-order valence-electron chi connectivity index (χ4n) is 3.33. The zero-order chi connectivity index (χ0) is 14.2. The monoisotopic (exact) mass is 277 g/mol. The second-order valence-electron chi connectivity index (χ2n) is 5.84. The Balaban J connectivity index is 1.65. The van der Waals surface area contributed by atoms with Crippen LogP contribution in [0, 0.1) is 6.92 Å². The Morgan fingerprint density at radius 1 is 1.19 bits per heavy atom. The standard InChI is InChI=1S/C18H19N3/c1-12-19-17-10-9-14(11-18(17)20-12)21-16-8-4-6-13-5-2-3-7-15(13)16/h2-3,5,7,9-11,16,21H,4,6,8H2,1H3,(H,19,20). The van der Waals surface area contributed by atoms with E-state index in [2.05, 4.69) is 57.7 Å². The zero-order valence-electron chi connectivity index (χ0n) is 12.2. The van der Waals surface area contributed by atoms with Crippen molar-refractivity contribution in [3.05, 3.63) is 59.4 Å². The van der Waals surface area contributed by atoms with Crippen LogP contribution in [0.5, 0.6) is 0 Å². The summed E-state index contributed by atoms with van der Waals surface area (Å²) in [4.78, 5) is 7.76. The number of imidazole rings is 1.